The number of hydrogen-bond donors (Lipinski definition) is 1. The third-order valence-electron chi connectivity index (χ3n) is 3.12. The summed E-state index contributed by atoms with van der Waals surface area (Å²) in [6.07, 6.45) is 2.32. The molecular formula is C16H12ClNO. The molecule has 0 unspecified atom stereocenters. The largest absolute Gasteiger partial charge is 0.325 e. The fraction of sp³-hybridized carbons (Fsp3) is 0.0625. The van der Waals surface area contributed by atoms with Gasteiger partial charge in [0.15, 0.2) is 0 Å². The Morgan fingerprint density at radius 2 is 1.84 bits per heavy atom. The van der Waals surface area contributed by atoms with Gasteiger partial charge in [-0.05, 0) is 29.3 Å². The van der Waals surface area contributed by atoms with E-state index in [2.05, 4.69) is 5.32 Å². The van der Waals surface area contributed by atoms with Crippen LogP contribution < -0.4 is 5.32 Å². The summed E-state index contributed by atoms with van der Waals surface area (Å²) in [5, 5.41) is 3.56. The molecule has 3 heteroatoms. The summed E-state index contributed by atoms with van der Waals surface area (Å²) >= 11 is 6.08. The second-order valence-corrected chi connectivity index (χ2v) is 4.86. The lowest BCUT2D eigenvalue weighted by Gasteiger charge is -2.11. The Bertz CT molecular complexity index is 662. The van der Waals surface area contributed by atoms with Crippen molar-refractivity contribution < 1.29 is 4.79 Å². The molecule has 2 aromatic carbocycles. The lowest BCUT2D eigenvalue weighted by Crippen LogP contribution is -2.09. The predicted molar refractivity (Wildman–Crippen MR) is 78.2 cm³/mol. The van der Waals surface area contributed by atoms with Gasteiger partial charge < -0.3 is 5.32 Å². The fourth-order valence-electron chi connectivity index (χ4n) is 2.25. The number of carbonyl (C=O) groups excluding carboxylic acids is 1. The molecule has 1 aliphatic rings. The molecule has 0 bridgehead atoms. The van der Waals surface area contributed by atoms with E-state index in [1.807, 2.05) is 48.5 Å². The van der Waals surface area contributed by atoms with Crippen LogP contribution in [0.15, 0.2) is 54.6 Å². The van der Waals surface area contributed by atoms with E-state index in [9.17, 15) is 4.79 Å². The van der Waals surface area contributed by atoms with Crippen molar-refractivity contribution in [2.24, 2.45) is 0 Å². The summed E-state index contributed by atoms with van der Waals surface area (Å²) in [5.41, 5.74) is 3.89. The number of halogens is 1. The van der Waals surface area contributed by atoms with Crippen LogP contribution in [-0.2, 0) is 4.79 Å². The van der Waals surface area contributed by atoms with Gasteiger partial charge in [-0.1, -0.05) is 48.0 Å². The van der Waals surface area contributed by atoms with Gasteiger partial charge in [0.05, 0.1) is 0 Å². The second-order valence-electron chi connectivity index (χ2n) is 4.43. The maximum absolute atomic E-state index is 11.7. The van der Waals surface area contributed by atoms with Gasteiger partial charge in [0, 0.05) is 22.7 Å². The Kier molecular flexibility index (Phi) is 3.10. The molecule has 94 valence electrons. The first-order chi connectivity index (χ1) is 9.24. The zero-order valence-corrected chi connectivity index (χ0v) is 10.9. The average Bonchev–Trinajstić information content (AvgIpc) is 2.58. The molecule has 0 radical (unpaired) electrons. The minimum atomic E-state index is -0.00509. The smallest absolute Gasteiger partial charge is 0.228 e. The van der Waals surface area contributed by atoms with Crippen LogP contribution in [0.1, 0.15) is 17.5 Å². The summed E-state index contributed by atoms with van der Waals surface area (Å²) in [6.45, 7) is 0. The highest BCUT2D eigenvalue weighted by molar-refractivity contribution is 6.31. The van der Waals surface area contributed by atoms with Crippen LogP contribution >= 0.6 is 11.6 Å². The zero-order valence-electron chi connectivity index (χ0n) is 10.2. The lowest BCUT2D eigenvalue weighted by atomic mass is 9.96. The van der Waals surface area contributed by atoms with Crippen molar-refractivity contribution in [1.29, 1.82) is 0 Å². The van der Waals surface area contributed by atoms with Crippen LogP contribution in [0, 0.1) is 0 Å². The van der Waals surface area contributed by atoms with Gasteiger partial charge in [-0.15, -0.1) is 0 Å². The number of benzene rings is 2. The SMILES string of the molecule is O=C1CC=C(c2ccccc2)c2cc(Cl)ccc2N1. The van der Waals surface area contributed by atoms with Crippen molar-refractivity contribution in [3.8, 4) is 0 Å². The molecule has 1 N–H and O–H groups in total. The zero-order chi connectivity index (χ0) is 13.2. The maximum atomic E-state index is 11.7. The summed E-state index contributed by atoms with van der Waals surface area (Å²) in [7, 11) is 0. The van der Waals surface area contributed by atoms with Gasteiger partial charge in [-0.25, -0.2) is 0 Å². The lowest BCUT2D eigenvalue weighted by molar-refractivity contribution is -0.115. The molecule has 0 atom stereocenters. The van der Waals surface area contributed by atoms with E-state index in [0.717, 1.165) is 22.4 Å². The van der Waals surface area contributed by atoms with E-state index < -0.39 is 0 Å². The molecule has 1 amide bonds. The van der Waals surface area contributed by atoms with Crippen molar-refractivity contribution in [3.63, 3.8) is 0 Å². The van der Waals surface area contributed by atoms with Gasteiger partial charge >= 0.3 is 0 Å². The minimum absolute atomic E-state index is 0.00509. The average molecular weight is 270 g/mol. The van der Waals surface area contributed by atoms with Crippen LogP contribution in [0.3, 0.4) is 0 Å². The molecule has 0 aliphatic carbocycles. The van der Waals surface area contributed by atoms with Gasteiger partial charge in [-0.3, -0.25) is 4.79 Å². The number of amides is 1. The van der Waals surface area contributed by atoms with Gasteiger partial charge in [0.2, 0.25) is 5.91 Å². The minimum Gasteiger partial charge on any atom is -0.325 e. The Balaban J connectivity index is 2.20. The van der Waals surface area contributed by atoms with Gasteiger partial charge in [-0.2, -0.15) is 0 Å². The van der Waals surface area contributed by atoms with E-state index in [-0.39, 0.29) is 5.91 Å². The summed E-state index contributed by atoms with van der Waals surface area (Å²) < 4.78 is 0. The number of carbonyl (C=O) groups is 1. The number of fused-ring (bicyclic) bond motifs is 1. The van der Waals surface area contributed by atoms with E-state index in [0.29, 0.717) is 11.4 Å². The predicted octanol–water partition coefficient (Wildman–Crippen LogP) is 4.11. The molecule has 2 aromatic rings. The van der Waals surface area contributed by atoms with Crippen molar-refractivity contribution in [2.75, 3.05) is 5.32 Å². The standard InChI is InChI=1S/C16H12ClNO/c17-12-6-8-15-14(10-12)13(7-9-16(19)18-15)11-4-2-1-3-5-11/h1-8,10H,9H2,(H,18,19). The monoisotopic (exact) mass is 269 g/mol. The summed E-state index contributed by atoms with van der Waals surface area (Å²) in [4.78, 5) is 11.7. The highest BCUT2D eigenvalue weighted by atomic mass is 35.5. The third-order valence-corrected chi connectivity index (χ3v) is 3.36. The van der Waals surface area contributed by atoms with Gasteiger partial charge in [0.1, 0.15) is 0 Å². The first-order valence-electron chi connectivity index (χ1n) is 6.09. The molecule has 0 aromatic heterocycles. The Labute approximate surface area is 116 Å². The molecule has 0 saturated heterocycles. The van der Waals surface area contributed by atoms with E-state index in [4.69, 9.17) is 11.6 Å². The molecule has 0 spiro atoms. The summed E-state index contributed by atoms with van der Waals surface area (Å²) in [5.74, 6) is -0.00509. The molecule has 1 aliphatic heterocycles. The topological polar surface area (TPSA) is 29.1 Å². The number of hydrogen-bond acceptors (Lipinski definition) is 1. The maximum Gasteiger partial charge on any atom is 0.228 e. The van der Waals surface area contributed by atoms with E-state index >= 15 is 0 Å². The van der Waals surface area contributed by atoms with Crippen molar-refractivity contribution in [2.45, 2.75) is 6.42 Å². The third kappa shape index (κ3) is 2.40. The molecule has 1 heterocycles. The molecule has 19 heavy (non-hydrogen) atoms. The van der Waals surface area contributed by atoms with Crippen LogP contribution in [0.5, 0.6) is 0 Å². The Hall–Kier alpha value is -2.06. The molecular weight excluding hydrogens is 258 g/mol. The highest BCUT2D eigenvalue weighted by Crippen LogP contribution is 2.33. The Morgan fingerprint density at radius 3 is 2.63 bits per heavy atom. The second kappa shape index (κ2) is 4.90. The normalized spacial score (nSPS) is 14.2. The molecule has 0 fully saturated rings. The highest BCUT2D eigenvalue weighted by Gasteiger charge is 2.16. The van der Waals surface area contributed by atoms with Crippen molar-refractivity contribution in [3.05, 3.63) is 70.8 Å². The van der Waals surface area contributed by atoms with E-state index in [1.54, 1.807) is 6.07 Å². The number of nitrogens with one attached hydrogen (secondary N) is 1. The van der Waals surface area contributed by atoms with Gasteiger partial charge in [0.25, 0.3) is 0 Å². The van der Waals surface area contributed by atoms with E-state index in [1.165, 1.54) is 0 Å². The number of rotatable bonds is 1. The molecule has 2 nitrogen and oxygen atoms in total. The summed E-state index contributed by atoms with van der Waals surface area (Å²) in [6, 6.07) is 15.5. The van der Waals surface area contributed by atoms with Crippen LogP contribution in [0.4, 0.5) is 5.69 Å². The first kappa shape index (κ1) is 12.0. The quantitative estimate of drug-likeness (QED) is 0.829. The number of anilines is 1. The van der Waals surface area contributed by atoms with Crippen LogP contribution in [-0.4, -0.2) is 5.91 Å². The van der Waals surface area contributed by atoms with Crippen LogP contribution in [0.2, 0.25) is 5.02 Å². The van der Waals surface area contributed by atoms with Crippen LogP contribution in [0.25, 0.3) is 5.57 Å². The Morgan fingerprint density at radius 1 is 1.05 bits per heavy atom. The molecule has 0 saturated carbocycles. The van der Waals surface area contributed by atoms with Crippen molar-refractivity contribution >= 4 is 28.8 Å². The van der Waals surface area contributed by atoms with Crippen molar-refractivity contribution in [1.82, 2.24) is 0 Å². The molecule has 3 rings (SSSR count). The fourth-order valence-corrected chi connectivity index (χ4v) is 2.42. The first-order valence-corrected chi connectivity index (χ1v) is 6.47.